The van der Waals surface area contributed by atoms with Crippen LogP contribution in [0, 0.1) is 0 Å². The first-order valence-corrected chi connectivity index (χ1v) is 9.67. The highest BCUT2D eigenvalue weighted by Gasteiger charge is 2.14. The summed E-state index contributed by atoms with van der Waals surface area (Å²) in [7, 11) is 2.16. The fourth-order valence-electron chi connectivity index (χ4n) is 3.74. The topological polar surface area (TPSA) is 34.6 Å². The van der Waals surface area contributed by atoms with Crippen LogP contribution in [0.4, 0.5) is 5.69 Å². The Labute approximate surface area is 160 Å². The van der Waals surface area contributed by atoms with Crippen molar-refractivity contribution in [2.75, 3.05) is 25.1 Å². The molecule has 140 valence electrons. The fourth-order valence-corrected chi connectivity index (χ4v) is 3.74. The highest BCUT2D eigenvalue weighted by atomic mass is 16.7. The summed E-state index contributed by atoms with van der Waals surface area (Å²) in [6.07, 6.45) is 2.09. The van der Waals surface area contributed by atoms with E-state index in [1.807, 2.05) is 32.0 Å². The van der Waals surface area contributed by atoms with Gasteiger partial charge in [0.2, 0.25) is 0 Å². The van der Waals surface area contributed by atoms with Crippen molar-refractivity contribution in [2.45, 2.75) is 33.0 Å². The molecule has 0 spiro atoms. The van der Waals surface area contributed by atoms with Crippen molar-refractivity contribution in [3.8, 4) is 17.0 Å². The third-order valence-electron chi connectivity index (χ3n) is 5.09. The van der Waals surface area contributed by atoms with Gasteiger partial charge >= 0.3 is 0 Å². The van der Waals surface area contributed by atoms with Crippen LogP contribution in [0.25, 0.3) is 22.2 Å². The van der Waals surface area contributed by atoms with Gasteiger partial charge in [-0.05, 0) is 68.7 Å². The summed E-state index contributed by atoms with van der Waals surface area (Å²) >= 11 is 0. The van der Waals surface area contributed by atoms with Crippen molar-refractivity contribution < 1.29 is 9.47 Å². The van der Waals surface area contributed by atoms with Crippen molar-refractivity contribution in [3.05, 3.63) is 54.1 Å². The summed E-state index contributed by atoms with van der Waals surface area (Å²) in [6, 6.07) is 16.9. The number of aryl methyl sites for hydroxylation is 1. The molecule has 1 atom stereocenters. The van der Waals surface area contributed by atoms with Crippen molar-refractivity contribution in [3.63, 3.8) is 0 Å². The minimum absolute atomic E-state index is 0.256. The maximum atomic E-state index is 5.80. The average Bonchev–Trinajstić information content (AvgIpc) is 2.67. The lowest BCUT2D eigenvalue weighted by Crippen LogP contribution is -2.24. The molecule has 2 heterocycles. The summed E-state index contributed by atoms with van der Waals surface area (Å²) in [5, 5.41) is 1.07. The van der Waals surface area contributed by atoms with Crippen LogP contribution in [0.15, 0.2) is 48.5 Å². The second-order valence-corrected chi connectivity index (χ2v) is 7.06. The number of anilines is 1. The van der Waals surface area contributed by atoms with E-state index in [1.165, 1.54) is 23.2 Å². The van der Waals surface area contributed by atoms with E-state index in [1.54, 1.807) is 0 Å². The molecule has 1 aliphatic rings. The molecule has 0 saturated carbocycles. The van der Waals surface area contributed by atoms with Crippen LogP contribution >= 0.6 is 0 Å². The van der Waals surface area contributed by atoms with Gasteiger partial charge in [0.1, 0.15) is 5.75 Å². The second-order valence-electron chi connectivity index (χ2n) is 7.06. The lowest BCUT2D eigenvalue weighted by molar-refractivity contribution is -0.0612. The Morgan fingerprint density at radius 1 is 1.11 bits per heavy atom. The van der Waals surface area contributed by atoms with Crippen LogP contribution in [0.2, 0.25) is 0 Å². The highest BCUT2D eigenvalue weighted by Crippen LogP contribution is 2.31. The number of pyridine rings is 1. The molecule has 4 rings (SSSR count). The Balaban J connectivity index is 1.62. The van der Waals surface area contributed by atoms with Crippen molar-refractivity contribution in [1.29, 1.82) is 0 Å². The van der Waals surface area contributed by atoms with Gasteiger partial charge in [-0.15, -0.1) is 0 Å². The van der Waals surface area contributed by atoms with E-state index in [4.69, 9.17) is 14.5 Å². The van der Waals surface area contributed by atoms with Gasteiger partial charge in [-0.25, -0.2) is 4.98 Å². The lowest BCUT2D eigenvalue weighted by atomic mass is 9.98. The number of rotatable bonds is 5. The molecule has 0 saturated heterocycles. The molecule has 0 fully saturated rings. The van der Waals surface area contributed by atoms with E-state index in [-0.39, 0.29) is 6.29 Å². The van der Waals surface area contributed by atoms with E-state index < -0.39 is 0 Å². The molecule has 2 aromatic carbocycles. The summed E-state index contributed by atoms with van der Waals surface area (Å²) in [4.78, 5) is 7.20. The van der Waals surface area contributed by atoms with Gasteiger partial charge in [-0.3, -0.25) is 0 Å². The van der Waals surface area contributed by atoms with Gasteiger partial charge in [-0.2, -0.15) is 0 Å². The number of nitrogens with zero attached hydrogens (tertiary/aromatic N) is 2. The largest absolute Gasteiger partial charge is 0.465 e. The minimum atomic E-state index is -0.256. The van der Waals surface area contributed by atoms with Gasteiger partial charge in [0.15, 0.2) is 6.29 Å². The van der Waals surface area contributed by atoms with Crippen LogP contribution in [-0.2, 0) is 11.2 Å². The molecule has 0 N–H and O–H groups in total. The molecule has 4 heteroatoms. The monoisotopic (exact) mass is 362 g/mol. The zero-order valence-electron chi connectivity index (χ0n) is 16.2. The van der Waals surface area contributed by atoms with Gasteiger partial charge in [0.25, 0.3) is 0 Å². The zero-order chi connectivity index (χ0) is 18.8. The third-order valence-corrected chi connectivity index (χ3v) is 5.09. The van der Waals surface area contributed by atoms with E-state index in [2.05, 4.69) is 42.3 Å². The molecule has 0 bridgehead atoms. The standard InChI is InChI=1S/C23H26N2O2/c1-4-26-16(2)27-20-9-11-22-18(15-20)7-10-21(24-22)17-8-12-23-19(14-17)6-5-13-25(23)3/h7-12,14-16H,4-6,13H2,1-3H3. The first-order valence-electron chi connectivity index (χ1n) is 9.67. The number of benzene rings is 2. The molecular weight excluding hydrogens is 336 g/mol. The van der Waals surface area contributed by atoms with Crippen molar-refractivity contribution >= 4 is 16.6 Å². The Kier molecular flexibility index (Phi) is 4.99. The minimum Gasteiger partial charge on any atom is -0.465 e. The van der Waals surface area contributed by atoms with Crippen molar-refractivity contribution in [2.24, 2.45) is 0 Å². The number of hydrogen-bond donors (Lipinski definition) is 0. The maximum absolute atomic E-state index is 5.80. The number of aromatic nitrogens is 1. The molecule has 4 nitrogen and oxygen atoms in total. The number of hydrogen-bond acceptors (Lipinski definition) is 4. The van der Waals surface area contributed by atoms with E-state index in [9.17, 15) is 0 Å². The molecule has 1 aromatic heterocycles. The van der Waals surface area contributed by atoms with E-state index in [0.717, 1.165) is 35.3 Å². The first-order chi connectivity index (χ1) is 13.1. The first kappa shape index (κ1) is 17.8. The quantitative estimate of drug-likeness (QED) is 0.595. The molecule has 27 heavy (non-hydrogen) atoms. The predicted octanol–water partition coefficient (Wildman–Crippen LogP) is 5.05. The molecular formula is C23H26N2O2. The van der Waals surface area contributed by atoms with Crippen LogP contribution in [0.1, 0.15) is 25.8 Å². The van der Waals surface area contributed by atoms with Crippen molar-refractivity contribution in [1.82, 2.24) is 4.98 Å². The predicted molar refractivity (Wildman–Crippen MR) is 110 cm³/mol. The summed E-state index contributed by atoms with van der Waals surface area (Å²) < 4.78 is 11.2. The zero-order valence-corrected chi connectivity index (χ0v) is 16.2. The summed E-state index contributed by atoms with van der Waals surface area (Å²) in [5.41, 5.74) is 5.91. The van der Waals surface area contributed by atoms with Gasteiger partial charge in [0, 0.05) is 36.8 Å². The summed E-state index contributed by atoms with van der Waals surface area (Å²) in [6.45, 7) is 5.64. The highest BCUT2D eigenvalue weighted by molar-refractivity contribution is 5.83. The molecule has 1 aliphatic heterocycles. The normalized spacial score (nSPS) is 14.9. The third kappa shape index (κ3) is 3.76. The van der Waals surface area contributed by atoms with Gasteiger partial charge in [0.05, 0.1) is 11.2 Å². The van der Waals surface area contributed by atoms with Crippen LogP contribution < -0.4 is 9.64 Å². The Hall–Kier alpha value is -2.59. The summed E-state index contributed by atoms with van der Waals surface area (Å²) in [5.74, 6) is 0.801. The molecule has 3 aromatic rings. The Bertz CT molecular complexity index is 954. The number of fused-ring (bicyclic) bond motifs is 2. The van der Waals surface area contributed by atoms with E-state index in [0.29, 0.717) is 6.61 Å². The van der Waals surface area contributed by atoms with Gasteiger partial charge < -0.3 is 14.4 Å². The lowest BCUT2D eigenvalue weighted by Gasteiger charge is -2.27. The number of ether oxygens (including phenoxy) is 2. The van der Waals surface area contributed by atoms with E-state index >= 15 is 0 Å². The van der Waals surface area contributed by atoms with Gasteiger partial charge in [-0.1, -0.05) is 12.1 Å². The van der Waals surface area contributed by atoms with Crippen LogP contribution in [0.5, 0.6) is 5.75 Å². The molecule has 0 radical (unpaired) electrons. The average molecular weight is 362 g/mol. The molecule has 0 amide bonds. The van der Waals surface area contributed by atoms with Crippen LogP contribution in [0.3, 0.4) is 0 Å². The SMILES string of the molecule is CCOC(C)Oc1ccc2nc(-c3ccc4c(c3)CCCN4C)ccc2c1. The Morgan fingerprint density at radius 2 is 2.00 bits per heavy atom. The smallest absolute Gasteiger partial charge is 0.196 e. The Morgan fingerprint density at radius 3 is 2.85 bits per heavy atom. The second kappa shape index (κ2) is 7.57. The molecule has 0 aliphatic carbocycles. The fraction of sp³-hybridized carbons (Fsp3) is 0.348. The maximum Gasteiger partial charge on any atom is 0.196 e. The van der Waals surface area contributed by atoms with Crippen LogP contribution in [-0.4, -0.2) is 31.5 Å². The molecule has 1 unspecified atom stereocenters.